The average molecular weight is 254 g/mol. The van der Waals surface area contributed by atoms with Gasteiger partial charge in [-0.25, -0.2) is 4.39 Å². The molecule has 2 heterocycles. The van der Waals surface area contributed by atoms with Crippen LogP contribution in [0.4, 0.5) is 4.39 Å². The van der Waals surface area contributed by atoms with Gasteiger partial charge in [0.15, 0.2) is 5.67 Å². The number of amides is 1. The van der Waals surface area contributed by atoms with Crippen LogP contribution in [0.15, 0.2) is 0 Å². The summed E-state index contributed by atoms with van der Waals surface area (Å²) in [7, 11) is 2.15. The summed E-state index contributed by atoms with van der Waals surface area (Å²) in [6.07, 6.45) is 6.28. The van der Waals surface area contributed by atoms with Gasteiger partial charge in [0.1, 0.15) is 0 Å². The second kappa shape index (κ2) is 4.19. The highest BCUT2D eigenvalue weighted by molar-refractivity contribution is 5.86. The van der Waals surface area contributed by atoms with Gasteiger partial charge < -0.3 is 4.90 Å². The molecule has 1 saturated carbocycles. The van der Waals surface area contributed by atoms with Gasteiger partial charge in [-0.2, -0.15) is 0 Å². The summed E-state index contributed by atoms with van der Waals surface area (Å²) in [5.41, 5.74) is -1.37. The summed E-state index contributed by atoms with van der Waals surface area (Å²) in [6, 6.07) is 0. The molecule has 3 fully saturated rings. The van der Waals surface area contributed by atoms with Gasteiger partial charge in [0.2, 0.25) is 0 Å². The van der Waals surface area contributed by atoms with E-state index in [1.807, 2.05) is 4.90 Å². The second-order valence-electron chi connectivity index (χ2n) is 6.40. The molecule has 2 aliphatic heterocycles. The van der Waals surface area contributed by atoms with E-state index in [2.05, 4.69) is 11.9 Å². The lowest BCUT2D eigenvalue weighted by atomic mass is 9.79. The maximum Gasteiger partial charge on any atom is 0.260 e. The SMILES string of the molecule is CN1CCCC12CCCN(C(=O)C1(F)CCC1)C2. The van der Waals surface area contributed by atoms with Gasteiger partial charge in [-0.1, -0.05) is 0 Å². The van der Waals surface area contributed by atoms with Crippen LogP contribution >= 0.6 is 0 Å². The largest absolute Gasteiger partial charge is 0.338 e. The van der Waals surface area contributed by atoms with Crippen LogP contribution in [0.5, 0.6) is 0 Å². The fourth-order valence-corrected chi connectivity index (χ4v) is 3.86. The lowest BCUT2D eigenvalue weighted by molar-refractivity contribution is -0.153. The van der Waals surface area contributed by atoms with Crippen LogP contribution in [-0.4, -0.2) is 53.6 Å². The molecule has 0 bridgehead atoms. The third-order valence-electron chi connectivity index (χ3n) is 5.32. The van der Waals surface area contributed by atoms with Crippen molar-refractivity contribution in [1.82, 2.24) is 9.80 Å². The Hall–Kier alpha value is -0.640. The van der Waals surface area contributed by atoms with E-state index in [1.165, 1.54) is 6.42 Å². The van der Waals surface area contributed by atoms with Crippen molar-refractivity contribution in [2.45, 2.75) is 56.2 Å². The number of hydrogen-bond donors (Lipinski definition) is 0. The smallest absolute Gasteiger partial charge is 0.260 e. The predicted molar refractivity (Wildman–Crippen MR) is 68.1 cm³/mol. The standard InChI is InChI=1S/C14H23FN2O/c1-16-9-3-5-13(16)6-4-10-17(11-13)12(18)14(15)7-2-8-14/h2-11H2,1H3. The Bertz CT molecular complexity index is 356. The van der Waals surface area contributed by atoms with Crippen LogP contribution in [0.25, 0.3) is 0 Å². The number of rotatable bonds is 1. The van der Waals surface area contributed by atoms with Gasteiger partial charge in [0.25, 0.3) is 5.91 Å². The van der Waals surface area contributed by atoms with Crippen molar-refractivity contribution < 1.29 is 9.18 Å². The number of likely N-dealkylation sites (N-methyl/N-ethyl adjacent to an activating group) is 1. The summed E-state index contributed by atoms with van der Waals surface area (Å²) in [4.78, 5) is 16.5. The monoisotopic (exact) mass is 254 g/mol. The van der Waals surface area contributed by atoms with Crippen molar-refractivity contribution in [1.29, 1.82) is 0 Å². The molecule has 0 radical (unpaired) electrons. The Morgan fingerprint density at radius 3 is 2.28 bits per heavy atom. The molecule has 4 heteroatoms. The summed E-state index contributed by atoms with van der Waals surface area (Å²) < 4.78 is 14.3. The topological polar surface area (TPSA) is 23.6 Å². The summed E-state index contributed by atoms with van der Waals surface area (Å²) in [5.74, 6) is -0.229. The van der Waals surface area contributed by atoms with E-state index < -0.39 is 5.67 Å². The summed E-state index contributed by atoms with van der Waals surface area (Å²) in [5, 5.41) is 0. The summed E-state index contributed by atoms with van der Waals surface area (Å²) in [6.45, 7) is 2.61. The van der Waals surface area contributed by atoms with Crippen molar-refractivity contribution in [2.24, 2.45) is 0 Å². The molecule has 0 aromatic carbocycles. The summed E-state index contributed by atoms with van der Waals surface area (Å²) >= 11 is 0. The zero-order valence-electron chi connectivity index (χ0n) is 11.3. The lowest BCUT2D eigenvalue weighted by Crippen LogP contribution is -2.60. The fourth-order valence-electron chi connectivity index (χ4n) is 3.86. The van der Waals surface area contributed by atoms with Gasteiger partial charge >= 0.3 is 0 Å². The number of halogens is 1. The molecular weight excluding hydrogens is 231 g/mol. The Labute approximate surface area is 108 Å². The number of carbonyl (C=O) groups is 1. The molecule has 102 valence electrons. The first-order valence-corrected chi connectivity index (χ1v) is 7.25. The first kappa shape index (κ1) is 12.4. The number of hydrogen-bond acceptors (Lipinski definition) is 2. The first-order valence-electron chi connectivity index (χ1n) is 7.25. The Kier molecular flexibility index (Phi) is 2.88. The van der Waals surface area contributed by atoms with Crippen molar-refractivity contribution in [3.05, 3.63) is 0 Å². The molecule has 1 amide bonds. The molecule has 0 N–H and O–H groups in total. The minimum absolute atomic E-state index is 0.147. The molecule has 0 aromatic heterocycles. The lowest BCUT2D eigenvalue weighted by Gasteiger charge is -2.47. The first-order chi connectivity index (χ1) is 8.56. The highest BCUT2D eigenvalue weighted by Gasteiger charge is 2.50. The van der Waals surface area contributed by atoms with E-state index in [9.17, 15) is 9.18 Å². The van der Waals surface area contributed by atoms with E-state index in [4.69, 9.17) is 0 Å². The fraction of sp³-hybridized carbons (Fsp3) is 0.929. The van der Waals surface area contributed by atoms with E-state index in [0.717, 1.165) is 45.3 Å². The highest BCUT2D eigenvalue weighted by Crippen LogP contribution is 2.41. The van der Waals surface area contributed by atoms with E-state index in [1.54, 1.807) is 0 Å². The zero-order chi connectivity index (χ0) is 12.8. The van der Waals surface area contributed by atoms with Crippen LogP contribution in [0, 0.1) is 0 Å². The van der Waals surface area contributed by atoms with Crippen molar-refractivity contribution >= 4 is 5.91 Å². The molecule has 18 heavy (non-hydrogen) atoms. The predicted octanol–water partition coefficient (Wildman–Crippen LogP) is 1.97. The third kappa shape index (κ3) is 1.77. The Morgan fingerprint density at radius 1 is 1.06 bits per heavy atom. The quantitative estimate of drug-likeness (QED) is 0.714. The van der Waals surface area contributed by atoms with Crippen LogP contribution in [0.1, 0.15) is 44.9 Å². The minimum atomic E-state index is -1.52. The van der Waals surface area contributed by atoms with E-state index in [-0.39, 0.29) is 11.4 Å². The maximum absolute atomic E-state index is 14.3. The molecule has 1 aliphatic carbocycles. The van der Waals surface area contributed by atoms with Crippen molar-refractivity contribution in [3.63, 3.8) is 0 Å². The van der Waals surface area contributed by atoms with Gasteiger partial charge in [-0.3, -0.25) is 9.69 Å². The van der Waals surface area contributed by atoms with Crippen LogP contribution in [0.3, 0.4) is 0 Å². The Balaban J connectivity index is 1.72. The molecule has 1 spiro atoms. The molecule has 0 aromatic rings. The van der Waals surface area contributed by atoms with Gasteiger partial charge in [0.05, 0.1) is 0 Å². The number of likely N-dealkylation sites (tertiary alicyclic amines) is 2. The normalized spacial score (nSPS) is 35.8. The Morgan fingerprint density at radius 2 is 1.72 bits per heavy atom. The zero-order valence-corrected chi connectivity index (χ0v) is 11.3. The minimum Gasteiger partial charge on any atom is -0.338 e. The second-order valence-corrected chi connectivity index (χ2v) is 6.40. The molecule has 1 atom stereocenters. The molecule has 3 aliphatic rings. The molecule has 3 rings (SSSR count). The molecular formula is C14H23FN2O. The molecule has 2 saturated heterocycles. The number of piperidine rings is 1. The van der Waals surface area contributed by atoms with Crippen LogP contribution < -0.4 is 0 Å². The van der Waals surface area contributed by atoms with Crippen LogP contribution in [0.2, 0.25) is 0 Å². The number of carbonyl (C=O) groups excluding carboxylic acids is 1. The maximum atomic E-state index is 14.3. The van der Waals surface area contributed by atoms with Crippen molar-refractivity contribution in [2.75, 3.05) is 26.7 Å². The van der Waals surface area contributed by atoms with Crippen LogP contribution in [-0.2, 0) is 4.79 Å². The number of nitrogens with zero attached hydrogens (tertiary/aromatic N) is 2. The molecule has 3 nitrogen and oxygen atoms in total. The average Bonchev–Trinajstić information content (AvgIpc) is 2.67. The van der Waals surface area contributed by atoms with Gasteiger partial charge in [-0.05, 0) is 58.5 Å². The van der Waals surface area contributed by atoms with Gasteiger partial charge in [-0.15, -0.1) is 0 Å². The van der Waals surface area contributed by atoms with Crippen molar-refractivity contribution in [3.8, 4) is 0 Å². The van der Waals surface area contributed by atoms with Gasteiger partial charge in [0, 0.05) is 18.6 Å². The highest BCUT2D eigenvalue weighted by atomic mass is 19.1. The third-order valence-corrected chi connectivity index (χ3v) is 5.32. The van der Waals surface area contributed by atoms with E-state index >= 15 is 0 Å². The number of alkyl halides is 1. The van der Waals surface area contributed by atoms with E-state index in [0.29, 0.717) is 12.8 Å². The molecule has 1 unspecified atom stereocenters.